The first-order valence-corrected chi connectivity index (χ1v) is 10.5. The van der Waals surface area contributed by atoms with E-state index in [0.717, 1.165) is 10.6 Å². The molecule has 0 fully saturated rings. The van der Waals surface area contributed by atoms with Gasteiger partial charge in [-0.05, 0) is 25.1 Å². The molecule has 2 rings (SSSR count). The van der Waals surface area contributed by atoms with Crippen molar-refractivity contribution in [3.8, 4) is 0 Å². The predicted molar refractivity (Wildman–Crippen MR) is 110 cm³/mol. The fraction of sp³-hybridized carbons (Fsp3) is 0.176. The maximum absolute atomic E-state index is 12.2. The highest BCUT2D eigenvalue weighted by molar-refractivity contribution is 9.10. The van der Waals surface area contributed by atoms with Crippen molar-refractivity contribution in [1.29, 1.82) is 0 Å². The summed E-state index contributed by atoms with van der Waals surface area (Å²) < 4.78 is 25.8. The van der Waals surface area contributed by atoms with Gasteiger partial charge in [0.1, 0.15) is 6.54 Å². The van der Waals surface area contributed by atoms with Crippen LogP contribution in [0.5, 0.6) is 0 Å². The number of hydrazone groups is 1. The minimum absolute atomic E-state index is 0.101. The summed E-state index contributed by atoms with van der Waals surface area (Å²) in [5.41, 5.74) is 3.30. The second-order valence-electron chi connectivity index (χ2n) is 5.79. The van der Waals surface area contributed by atoms with Crippen molar-refractivity contribution < 1.29 is 18.1 Å². The van der Waals surface area contributed by atoms with Crippen LogP contribution in [0.1, 0.15) is 12.5 Å². The molecule has 2 aromatic carbocycles. The van der Waals surface area contributed by atoms with E-state index in [1.165, 1.54) is 18.2 Å². The van der Waals surface area contributed by atoms with Crippen LogP contribution in [-0.2, 0) is 14.8 Å². The number of halogens is 1. The molecule has 0 aromatic heterocycles. The minimum atomic E-state index is -3.71. The normalized spacial score (nSPS) is 11.8. The molecule has 0 saturated heterocycles. The lowest BCUT2D eigenvalue weighted by molar-refractivity contribution is -0.384. The van der Waals surface area contributed by atoms with Crippen molar-refractivity contribution in [1.82, 2.24) is 5.43 Å². The fourth-order valence-corrected chi connectivity index (χ4v) is 3.49. The van der Waals surface area contributed by atoms with Gasteiger partial charge in [0.05, 0.1) is 22.6 Å². The molecule has 1 amide bonds. The average Bonchev–Trinajstić information content (AvgIpc) is 2.63. The van der Waals surface area contributed by atoms with Gasteiger partial charge in [0.2, 0.25) is 10.0 Å². The molecule has 0 atom stereocenters. The molecule has 0 saturated carbocycles. The number of hydrogen-bond acceptors (Lipinski definition) is 6. The zero-order chi connectivity index (χ0) is 20.9. The van der Waals surface area contributed by atoms with E-state index < -0.39 is 27.4 Å². The van der Waals surface area contributed by atoms with Crippen LogP contribution in [0.25, 0.3) is 0 Å². The fourth-order valence-electron chi connectivity index (χ4n) is 2.25. The largest absolute Gasteiger partial charge is 0.271 e. The Morgan fingerprint density at radius 2 is 1.93 bits per heavy atom. The molecule has 28 heavy (non-hydrogen) atoms. The van der Waals surface area contributed by atoms with E-state index in [1.54, 1.807) is 37.3 Å². The van der Waals surface area contributed by atoms with Gasteiger partial charge in [0.15, 0.2) is 0 Å². The zero-order valence-electron chi connectivity index (χ0n) is 15.0. The molecule has 2 aromatic rings. The summed E-state index contributed by atoms with van der Waals surface area (Å²) in [5.74, 6) is -0.657. The Morgan fingerprint density at radius 1 is 1.25 bits per heavy atom. The summed E-state index contributed by atoms with van der Waals surface area (Å²) in [4.78, 5) is 22.5. The first-order chi connectivity index (χ1) is 13.1. The number of carbonyl (C=O) groups is 1. The molecule has 1 N–H and O–H groups in total. The van der Waals surface area contributed by atoms with E-state index in [9.17, 15) is 23.3 Å². The lowest BCUT2D eigenvalue weighted by atomic mass is 10.1. The van der Waals surface area contributed by atoms with Crippen LogP contribution >= 0.6 is 15.9 Å². The van der Waals surface area contributed by atoms with Gasteiger partial charge in [-0.1, -0.05) is 34.1 Å². The Kier molecular flexibility index (Phi) is 6.86. The molecule has 0 bridgehead atoms. The molecule has 0 radical (unpaired) electrons. The number of rotatable bonds is 7. The zero-order valence-corrected chi connectivity index (χ0v) is 17.4. The molecule has 0 aliphatic carbocycles. The quantitative estimate of drug-likeness (QED) is 0.380. The Bertz CT molecular complexity index is 1040. The van der Waals surface area contributed by atoms with Crippen LogP contribution in [0, 0.1) is 10.1 Å². The molecule has 0 spiro atoms. The van der Waals surface area contributed by atoms with Crippen LogP contribution in [0.2, 0.25) is 0 Å². The standard InChI is InChI=1S/C17H17BrN4O5S/c1-12(13-5-3-8-16(9-13)22(24)25)19-20-17(23)11-21(28(2,26)27)15-7-4-6-14(18)10-15/h3-10H,11H2,1-2H3,(H,20,23)/b19-12-. The molecular weight excluding hydrogens is 452 g/mol. The van der Waals surface area contributed by atoms with E-state index >= 15 is 0 Å². The number of amides is 1. The van der Waals surface area contributed by atoms with Crippen molar-refractivity contribution in [2.45, 2.75) is 6.92 Å². The molecule has 11 heteroatoms. The second-order valence-corrected chi connectivity index (χ2v) is 8.61. The van der Waals surface area contributed by atoms with Crippen molar-refractivity contribution in [3.05, 3.63) is 68.7 Å². The van der Waals surface area contributed by atoms with Gasteiger partial charge < -0.3 is 0 Å². The molecule has 148 valence electrons. The Balaban J connectivity index is 2.16. The number of sulfonamides is 1. The van der Waals surface area contributed by atoms with Crippen LogP contribution in [0.4, 0.5) is 11.4 Å². The van der Waals surface area contributed by atoms with Gasteiger partial charge in [-0.25, -0.2) is 13.8 Å². The molecular formula is C17H17BrN4O5S. The number of nitrogens with zero attached hydrogens (tertiary/aromatic N) is 3. The molecule has 0 unspecified atom stereocenters. The SMILES string of the molecule is C/C(=N/NC(=O)CN(c1cccc(Br)c1)S(C)(=O)=O)c1cccc([N+](=O)[O-])c1. The van der Waals surface area contributed by atoms with Crippen LogP contribution in [0.3, 0.4) is 0 Å². The van der Waals surface area contributed by atoms with Gasteiger partial charge in [0, 0.05) is 22.2 Å². The van der Waals surface area contributed by atoms with Crippen molar-refractivity contribution >= 4 is 48.9 Å². The number of non-ortho nitro benzene ring substituents is 1. The summed E-state index contributed by atoms with van der Waals surface area (Å²) in [7, 11) is -3.71. The first kappa shape index (κ1) is 21.5. The summed E-state index contributed by atoms with van der Waals surface area (Å²) in [5, 5.41) is 14.8. The first-order valence-electron chi connectivity index (χ1n) is 7.89. The van der Waals surface area contributed by atoms with Gasteiger partial charge in [-0.3, -0.25) is 19.2 Å². The Hall–Kier alpha value is -2.79. The highest BCUT2D eigenvalue weighted by Crippen LogP contribution is 2.21. The highest BCUT2D eigenvalue weighted by atomic mass is 79.9. The van der Waals surface area contributed by atoms with Gasteiger partial charge in [-0.15, -0.1) is 0 Å². The number of anilines is 1. The topological polar surface area (TPSA) is 122 Å². The van der Waals surface area contributed by atoms with Crippen molar-refractivity contribution in [2.75, 3.05) is 17.1 Å². The van der Waals surface area contributed by atoms with Gasteiger partial charge >= 0.3 is 0 Å². The molecule has 0 aliphatic rings. The maximum Gasteiger partial charge on any atom is 0.270 e. The molecule has 9 nitrogen and oxygen atoms in total. The number of nitro groups is 1. The van der Waals surface area contributed by atoms with Crippen molar-refractivity contribution in [2.24, 2.45) is 5.10 Å². The second kappa shape index (κ2) is 8.93. The van der Waals surface area contributed by atoms with Crippen LogP contribution in [0.15, 0.2) is 58.1 Å². The highest BCUT2D eigenvalue weighted by Gasteiger charge is 2.21. The van der Waals surface area contributed by atoms with E-state index in [-0.39, 0.29) is 5.69 Å². The maximum atomic E-state index is 12.2. The van der Waals surface area contributed by atoms with E-state index in [2.05, 4.69) is 26.5 Å². The Morgan fingerprint density at radius 3 is 2.54 bits per heavy atom. The predicted octanol–water partition coefficient (Wildman–Crippen LogP) is 2.66. The Labute approximate surface area is 170 Å². The number of nitrogens with one attached hydrogen (secondary N) is 1. The molecule has 0 heterocycles. The lowest BCUT2D eigenvalue weighted by Crippen LogP contribution is -2.39. The third kappa shape index (κ3) is 5.86. The van der Waals surface area contributed by atoms with Gasteiger partial charge in [-0.2, -0.15) is 5.10 Å². The van der Waals surface area contributed by atoms with E-state index in [0.29, 0.717) is 21.4 Å². The summed E-state index contributed by atoms with van der Waals surface area (Å²) in [6.45, 7) is 1.10. The van der Waals surface area contributed by atoms with Crippen LogP contribution in [-0.4, -0.2) is 37.8 Å². The number of nitro benzene ring substituents is 1. The molecule has 0 aliphatic heterocycles. The van der Waals surface area contributed by atoms with E-state index in [4.69, 9.17) is 0 Å². The number of benzene rings is 2. The number of hydrogen-bond donors (Lipinski definition) is 1. The van der Waals surface area contributed by atoms with Crippen molar-refractivity contribution in [3.63, 3.8) is 0 Å². The summed E-state index contributed by atoms with van der Waals surface area (Å²) in [6, 6.07) is 12.3. The average molecular weight is 469 g/mol. The third-order valence-electron chi connectivity index (χ3n) is 3.61. The van der Waals surface area contributed by atoms with Crippen LogP contribution < -0.4 is 9.73 Å². The lowest BCUT2D eigenvalue weighted by Gasteiger charge is -2.21. The third-order valence-corrected chi connectivity index (χ3v) is 5.24. The number of carbonyl (C=O) groups excluding carboxylic acids is 1. The monoisotopic (exact) mass is 468 g/mol. The van der Waals surface area contributed by atoms with Gasteiger partial charge in [0.25, 0.3) is 11.6 Å². The minimum Gasteiger partial charge on any atom is -0.271 e. The van der Waals surface area contributed by atoms with E-state index in [1.807, 2.05) is 0 Å². The summed E-state index contributed by atoms with van der Waals surface area (Å²) >= 11 is 3.26. The smallest absolute Gasteiger partial charge is 0.270 e. The summed E-state index contributed by atoms with van der Waals surface area (Å²) in [6.07, 6.45) is 0.999.